The van der Waals surface area contributed by atoms with Gasteiger partial charge in [-0.3, -0.25) is 0 Å². The first-order valence-corrected chi connectivity index (χ1v) is 8.61. The van der Waals surface area contributed by atoms with Gasteiger partial charge in [-0.15, -0.1) is 0 Å². The molecule has 0 aliphatic heterocycles. The zero-order valence-electron chi connectivity index (χ0n) is 10.2. The van der Waals surface area contributed by atoms with Gasteiger partial charge in [0, 0.05) is 30.4 Å². The monoisotopic (exact) mass is 319 g/mol. The summed E-state index contributed by atoms with van der Waals surface area (Å²) in [6.07, 6.45) is 2.30. The first-order valence-electron chi connectivity index (χ1n) is 5.60. The number of halogens is 1. The maximum absolute atomic E-state index is 11.3. The number of nitrogens with zero attached hydrogens (tertiary/aromatic N) is 1. The molecule has 0 unspecified atom stereocenters. The Balaban J connectivity index is 2.85. The summed E-state index contributed by atoms with van der Waals surface area (Å²) < 4.78 is 22.7. The van der Waals surface area contributed by atoms with E-state index >= 15 is 0 Å². The second kappa shape index (κ2) is 6.40. The molecule has 0 aliphatic carbocycles. The molecule has 0 saturated heterocycles. The van der Waals surface area contributed by atoms with E-state index in [9.17, 15) is 8.42 Å². The van der Waals surface area contributed by atoms with E-state index in [1.165, 1.54) is 6.26 Å². The Kier molecular flexibility index (Phi) is 5.46. The lowest BCUT2D eigenvalue weighted by molar-refractivity contribution is 0.602. The van der Waals surface area contributed by atoms with Crippen LogP contribution in [-0.2, 0) is 9.84 Å². The topological polar surface area (TPSA) is 37.4 Å². The lowest BCUT2D eigenvalue weighted by Gasteiger charge is -2.22. The van der Waals surface area contributed by atoms with Crippen LogP contribution in [0, 0.1) is 0 Å². The molecule has 1 aromatic carbocycles. The minimum absolute atomic E-state index is 0.373. The van der Waals surface area contributed by atoms with E-state index < -0.39 is 9.84 Å². The number of sulfone groups is 1. The number of hydrogen-bond acceptors (Lipinski definition) is 3. The van der Waals surface area contributed by atoms with Crippen LogP contribution in [-0.4, -0.2) is 33.1 Å². The number of rotatable bonds is 6. The molecule has 96 valence electrons. The first kappa shape index (κ1) is 14.5. The summed E-state index contributed by atoms with van der Waals surface area (Å²) in [5.74, 6) is 0. The number of benzene rings is 1. The molecule has 0 spiro atoms. The van der Waals surface area contributed by atoms with Crippen molar-refractivity contribution >= 4 is 31.5 Å². The maximum Gasteiger partial charge on any atom is 0.175 e. The predicted molar refractivity (Wildman–Crippen MR) is 75.8 cm³/mol. The Morgan fingerprint density at radius 1 is 1.24 bits per heavy atom. The highest BCUT2D eigenvalue weighted by molar-refractivity contribution is 9.09. The van der Waals surface area contributed by atoms with Crippen molar-refractivity contribution in [3.63, 3.8) is 0 Å². The molecule has 0 saturated carbocycles. The highest BCUT2D eigenvalue weighted by atomic mass is 79.9. The molecule has 0 amide bonds. The van der Waals surface area contributed by atoms with Crippen LogP contribution in [0.15, 0.2) is 29.2 Å². The van der Waals surface area contributed by atoms with Gasteiger partial charge in [-0.1, -0.05) is 15.9 Å². The standard InChI is InChI=1S/C12H18BrNO2S/c1-3-14(10-4-9-13)11-5-7-12(8-6-11)17(2,15)16/h5-8H,3-4,9-10H2,1-2H3. The van der Waals surface area contributed by atoms with E-state index in [1.54, 1.807) is 12.1 Å². The molecule has 1 rings (SSSR count). The SMILES string of the molecule is CCN(CCCBr)c1ccc(S(C)(=O)=O)cc1. The second-order valence-corrected chi connectivity index (χ2v) is 6.70. The normalized spacial score (nSPS) is 11.5. The summed E-state index contributed by atoms with van der Waals surface area (Å²) in [5.41, 5.74) is 1.07. The van der Waals surface area contributed by atoms with Crippen LogP contribution in [0.4, 0.5) is 5.69 Å². The van der Waals surface area contributed by atoms with Gasteiger partial charge in [0.1, 0.15) is 0 Å². The highest BCUT2D eigenvalue weighted by Gasteiger charge is 2.08. The van der Waals surface area contributed by atoms with Crippen LogP contribution < -0.4 is 4.90 Å². The van der Waals surface area contributed by atoms with Crippen molar-refractivity contribution in [2.24, 2.45) is 0 Å². The van der Waals surface area contributed by atoms with Crippen LogP contribution in [0.25, 0.3) is 0 Å². The molecule has 17 heavy (non-hydrogen) atoms. The summed E-state index contributed by atoms with van der Waals surface area (Å²) in [6.45, 7) is 3.99. The van der Waals surface area contributed by atoms with E-state index in [-0.39, 0.29) is 0 Å². The van der Waals surface area contributed by atoms with E-state index in [0.29, 0.717) is 4.90 Å². The summed E-state index contributed by atoms with van der Waals surface area (Å²) in [5, 5.41) is 0.977. The fraction of sp³-hybridized carbons (Fsp3) is 0.500. The van der Waals surface area contributed by atoms with Crippen LogP contribution in [0.5, 0.6) is 0 Å². The van der Waals surface area contributed by atoms with Gasteiger partial charge in [0.15, 0.2) is 9.84 Å². The summed E-state index contributed by atoms with van der Waals surface area (Å²) >= 11 is 3.41. The summed E-state index contributed by atoms with van der Waals surface area (Å²) in [7, 11) is -3.09. The van der Waals surface area contributed by atoms with E-state index in [4.69, 9.17) is 0 Å². The van der Waals surface area contributed by atoms with Gasteiger partial charge in [-0.25, -0.2) is 8.42 Å². The van der Waals surface area contributed by atoms with Crippen molar-refractivity contribution in [3.8, 4) is 0 Å². The molecule has 5 heteroatoms. The Bertz CT molecular complexity index is 442. The first-order chi connectivity index (χ1) is 7.99. The number of anilines is 1. The molecule has 0 N–H and O–H groups in total. The predicted octanol–water partition coefficient (Wildman–Crippen LogP) is 2.70. The molecule has 0 bridgehead atoms. The number of alkyl halides is 1. The second-order valence-electron chi connectivity index (χ2n) is 3.89. The lowest BCUT2D eigenvalue weighted by Crippen LogP contribution is -2.24. The molecule has 0 atom stereocenters. The third kappa shape index (κ3) is 4.32. The van der Waals surface area contributed by atoms with Crippen molar-refractivity contribution in [3.05, 3.63) is 24.3 Å². The lowest BCUT2D eigenvalue weighted by atomic mass is 10.2. The summed E-state index contributed by atoms with van der Waals surface area (Å²) in [6, 6.07) is 7.07. The largest absolute Gasteiger partial charge is 0.372 e. The average Bonchev–Trinajstić information content (AvgIpc) is 2.29. The van der Waals surface area contributed by atoms with Crippen molar-refractivity contribution < 1.29 is 8.42 Å². The van der Waals surface area contributed by atoms with Gasteiger partial charge < -0.3 is 4.90 Å². The third-order valence-electron chi connectivity index (χ3n) is 2.57. The smallest absolute Gasteiger partial charge is 0.175 e. The van der Waals surface area contributed by atoms with Crippen molar-refractivity contribution in [2.75, 3.05) is 29.6 Å². The van der Waals surface area contributed by atoms with Gasteiger partial charge in [0.05, 0.1) is 4.90 Å². The van der Waals surface area contributed by atoms with Gasteiger partial charge >= 0.3 is 0 Å². The van der Waals surface area contributed by atoms with Gasteiger partial charge in [0.2, 0.25) is 0 Å². The maximum atomic E-state index is 11.3. The average molecular weight is 320 g/mol. The van der Waals surface area contributed by atoms with Gasteiger partial charge in [-0.05, 0) is 37.6 Å². The summed E-state index contributed by atoms with van der Waals surface area (Å²) in [4.78, 5) is 2.60. The Labute approximate surface area is 112 Å². The minimum atomic E-state index is -3.09. The van der Waals surface area contributed by atoms with Crippen LogP contribution in [0.2, 0.25) is 0 Å². The Morgan fingerprint density at radius 3 is 2.24 bits per heavy atom. The van der Waals surface area contributed by atoms with Crippen LogP contribution >= 0.6 is 15.9 Å². The fourth-order valence-electron chi connectivity index (χ4n) is 1.62. The van der Waals surface area contributed by atoms with E-state index in [0.717, 1.165) is 30.5 Å². The van der Waals surface area contributed by atoms with Crippen LogP contribution in [0.1, 0.15) is 13.3 Å². The third-order valence-corrected chi connectivity index (χ3v) is 4.26. The van der Waals surface area contributed by atoms with E-state index in [2.05, 4.69) is 27.8 Å². The number of hydrogen-bond donors (Lipinski definition) is 0. The Hall–Kier alpha value is -0.550. The molecule has 0 heterocycles. The highest BCUT2D eigenvalue weighted by Crippen LogP contribution is 2.18. The molecule has 0 aromatic heterocycles. The van der Waals surface area contributed by atoms with Crippen molar-refractivity contribution in [1.29, 1.82) is 0 Å². The quantitative estimate of drug-likeness (QED) is 0.756. The van der Waals surface area contributed by atoms with Crippen molar-refractivity contribution in [1.82, 2.24) is 0 Å². The molecule has 0 radical (unpaired) electrons. The molecular weight excluding hydrogens is 302 g/mol. The Morgan fingerprint density at radius 2 is 1.82 bits per heavy atom. The van der Waals surface area contributed by atoms with E-state index in [1.807, 2.05) is 12.1 Å². The molecule has 0 fully saturated rings. The fourth-order valence-corrected chi connectivity index (χ4v) is 2.51. The zero-order valence-corrected chi connectivity index (χ0v) is 12.6. The van der Waals surface area contributed by atoms with Crippen LogP contribution in [0.3, 0.4) is 0 Å². The molecule has 3 nitrogen and oxygen atoms in total. The zero-order chi connectivity index (χ0) is 12.9. The molecule has 1 aromatic rings. The molecular formula is C12H18BrNO2S. The van der Waals surface area contributed by atoms with Gasteiger partial charge in [-0.2, -0.15) is 0 Å². The molecule has 0 aliphatic rings. The van der Waals surface area contributed by atoms with Crippen molar-refractivity contribution in [2.45, 2.75) is 18.2 Å². The van der Waals surface area contributed by atoms with Gasteiger partial charge in [0.25, 0.3) is 0 Å². The minimum Gasteiger partial charge on any atom is -0.372 e.